The second-order valence-corrected chi connectivity index (χ2v) is 4.17. The van der Waals surface area contributed by atoms with Gasteiger partial charge in [-0.1, -0.05) is 19.4 Å². The fraction of sp³-hybridized carbons (Fsp3) is 0.500. The molecule has 1 rings (SSSR count). The van der Waals surface area contributed by atoms with Crippen molar-refractivity contribution >= 4 is 18.3 Å². The van der Waals surface area contributed by atoms with E-state index in [1.165, 1.54) is 0 Å². The van der Waals surface area contributed by atoms with E-state index >= 15 is 0 Å². The highest BCUT2D eigenvalue weighted by atomic mass is 35.5. The largest absolute Gasteiger partial charge is 0.493 e. The van der Waals surface area contributed by atoms with Gasteiger partial charge in [-0.25, -0.2) is 0 Å². The molecule has 0 aliphatic heterocycles. The van der Waals surface area contributed by atoms with Gasteiger partial charge in [0.15, 0.2) is 11.5 Å². The zero-order chi connectivity index (χ0) is 14.1. The molecular formula is C14H23ClN2O3. The van der Waals surface area contributed by atoms with Crippen LogP contribution in [0.5, 0.6) is 11.5 Å². The van der Waals surface area contributed by atoms with Crippen molar-refractivity contribution in [1.29, 1.82) is 0 Å². The number of rotatable bonds is 8. The topological polar surface area (TPSA) is 73.6 Å². The van der Waals surface area contributed by atoms with E-state index < -0.39 is 0 Å². The van der Waals surface area contributed by atoms with Gasteiger partial charge in [-0.3, -0.25) is 4.79 Å². The molecule has 0 atom stereocenters. The first-order chi connectivity index (χ1) is 9.21. The van der Waals surface area contributed by atoms with Crippen LogP contribution >= 0.6 is 12.4 Å². The minimum absolute atomic E-state index is 0. The van der Waals surface area contributed by atoms with Crippen LogP contribution in [0.2, 0.25) is 0 Å². The first-order valence-corrected chi connectivity index (χ1v) is 6.47. The number of nitrogens with one attached hydrogen (secondary N) is 1. The highest BCUT2D eigenvalue weighted by Gasteiger charge is 2.06. The summed E-state index contributed by atoms with van der Waals surface area (Å²) in [5, 5.41) is 2.71. The first-order valence-electron chi connectivity index (χ1n) is 6.47. The van der Waals surface area contributed by atoms with Crippen molar-refractivity contribution in [3.05, 3.63) is 23.8 Å². The molecule has 3 N–H and O–H groups in total. The molecule has 0 radical (unpaired) electrons. The van der Waals surface area contributed by atoms with Crippen molar-refractivity contribution < 1.29 is 14.3 Å². The van der Waals surface area contributed by atoms with Crippen LogP contribution in [0.3, 0.4) is 0 Å². The predicted molar refractivity (Wildman–Crippen MR) is 81.5 cm³/mol. The summed E-state index contributed by atoms with van der Waals surface area (Å²) in [4.78, 5) is 11.1. The van der Waals surface area contributed by atoms with Crippen molar-refractivity contribution in [1.82, 2.24) is 5.32 Å². The monoisotopic (exact) mass is 302 g/mol. The van der Waals surface area contributed by atoms with Gasteiger partial charge < -0.3 is 20.5 Å². The van der Waals surface area contributed by atoms with Crippen LogP contribution in [-0.2, 0) is 11.3 Å². The van der Waals surface area contributed by atoms with Crippen LogP contribution < -0.4 is 20.5 Å². The Morgan fingerprint density at radius 1 is 1.35 bits per heavy atom. The highest BCUT2D eigenvalue weighted by molar-refractivity contribution is 5.85. The average molecular weight is 303 g/mol. The van der Waals surface area contributed by atoms with E-state index in [0.717, 1.165) is 24.2 Å². The van der Waals surface area contributed by atoms with E-state index in [4.69, 9.17) is 15.2 Å². The number of benzene rings is 1. The summed E-state index contributed by atoms with van der Waals surface area (Å²) in [6, 6.07) is 5.62. The maximum atomic E-state index is 11.1. The van der Waals surface area contributed by atoms with Gasteiger partial charge in [0.2, 0.25) is 5.91 Å². The number of methoxy groups -OCH3 is 1. The van der Waals surface area contributed by atoms with Gasteiger partial charge in [0, 0.05) is 6.54 Å². The van der Waals surface area contributed by atoms with Gasteiger partial charge >= 0.3 is 0 Å². The molecular weight excluding hydrogens is 280 g/mol. The van der Waals surface area contributed by atoms with Crippen molar-refractivity contribution in [2.45, 2.75) is 26.3 Å². The lowest BCUT2D eigenvalue weighted by atomic mass is 10.2. The van der Waals surface area contributed by atoms with E-state index in [1.54, 1.807) is 7.11 Å². The summed E-state index contributed by atoms with van der Waals surface area (Å²) in [6.07, 6.45) is 2.10. The van der Waals surface area contributed by atoms with Crippen molar-refractivity contribution in [2.24, 2.45) is 5.73 Å². The lowest BCUT2D eigenvalue weighted by molar-refractivity contribution is -0.119. The molecule has 0 fully saturated rings. The fourth-order valence-corrected chi connectivity index (χ4v) is 1.54. The Bertz CT molecular complexity index is 413. The Kier molecular flexibility index (Phi) is 9.59. The molecule has 0 aliphatic rings. The molecule has 0 aliphatic carbocycles. The maximum absolute atomic E-state index is 11.1. The maximum Gasteiger partial charge on any atom is 0.234 e. The van der Waals surface area contributed by atoms with Crippen molar-refractivity contribution in [2.75, 3.05) is 20.3 Å². The number of hydrogen-bond donors (Lipinski definition) is 2. The SMILES string of the molecule is CCCCOc1ccc(CNC(=O)CN)cc1OC.Cl. The number of carbonyl (C=O) groups is 1. The van der Waals surface area contributed by atoms with Gasteiger partial charge in [0.25, 0.3) is 0 Å². The number of unbranched alkanes of at least 4 members (excludes halogenated alkanes) is 1. The molecule has 0 heterocycles. The number of hydrogen-bond acceptors (Lipinski definition) is 4. The number of halogens is 1. The molecule has 0 spiro atoms. The first kappa shape index (κ1) is 18.5. The molecule has 1 aromatic rings. The smallest absolute Gasteiger partial charge is 0.234 e. The number of ether oxygens (including phenoxy) is 2. The summed E-state index contributed by atoms with van der Waals surface area (Å²) >= 11 is 0. The lowest BCUT2D eigenvalue weighted by Crippen LogP contribution is -2.29. The van der Waals surface area contributed by atoms with Gasteiger partial charge in [-0.2, -0.15) is 0 Å². The van der Waals surface area contributed by atoms with E-state index in [2.05, 4.69) is 12.2 Å². The van der Waals surface area contributed by atoms with Gasteiger partial charge in [-0.15, -0.1) is 12.4 Å². The van der Waals surface area contributed by atoms with Crippen molar-refractivity contribution in [3.8, 4) is 11.5 Å². The second kappa shape index (κ2) is 10.3. The minimum Gasteiger partial charge on any atom is -0.493 e. The molecule has 1 aromatic carbocycles. The lowest BCUT2D eigenvalue weighted by Gasteiger charge is -2.12. The van der Waals surface area contributed by atoms with Crippen LogP contribution in [0.1, 0.15) is 25.3 Å². The van der Waals surface area contributed by atoms with E-state index in [9.17, 15) is 4.79 Å². The van der Waals surface area contributed by atoms with Gasteiger partial charge in [-0.05, 0) is 24.1 Å². The Morgan fingerprint density at radius 3 is 2.70 bits per heavy atom. The Hall–Kier alpha value is -1.46. The van der Waals surface area contributed by atoms with Crippen molar-refractivity contribution in [3.63, 3.8) is 0 Å². The third-order valence-electron chi connectivity index (χ3n) is 2.66. The standard InChI is InChI=1S/C14H22N2O3.ClH/c1-3-4-7-19-12-6-5-11(8-13(12)18-2)10-16-14(17)9-15;/h5-6,8H,3-4,7,9-10,15H2,1-2H3,(H,16,17);1H. The summed E-state index contributed by atoms with van der Waals surface area (Å²) in [5.74, 6) is 1.22. The summed E-state index contributed by atoms with van der Waals surface area (Å²) in [6.45, 7) is 3.22. The summed E-state index contributed by atoms with van der Waals surface area (Å²) < 4.78 is 10.9. The second-order valence-electron chi connectivity index (χ2n) is 4.17. The van der Waals surface area contributed by atoms with Crippen LogP contribution in [-0.4, -0.2) is 26.2 Å². The Labute approximate surface area is 126 Å². The summed E-state index contributed by atoms with van der Waals surface area (Å²) in [5.41, 5.74) is 6.17. The third-order valence-corrected chi connectivity index (χ3v) is 2.66. The zero-order valence-corrected chi connectivity index (χ0v) is 12.8. The molecule has 114 valence electrons. The average Bonchev–Trinajstić information content (AvgIpc) is 2.45. The quantitative estimate of drug-likeness (QED) is 0.719. The third kappa shape index (κ3) is 6.12. The molecule has 0 saturated heterocycles. The molecule has 20 heavy (non-hydrogen) atoms. The molecule has 0 aromatic heterocycles. The van der Waals surface area contributed by atoms with Crippen LogP contribution in [0.25, 0.3) is 0 Å². The Morgan fingerprint density at radius 2 is 2.10 bits per heavy atom. The van der Waals surface area contributed by atoms with Gasteiger partial charge in [0.1, 0.15) is 0 Å². The van der Waals surface area contributed by atoms with E-state index in [0.29, 0.717) is 18.9 Å². The molecule has 0 unspecified atom stereocenters. The number of carbonyl (C=O) groups excluding carboxylic acids is 1. The molecule has 0 saturated carbocycles. The number of amides is 1. The number of nitrogens with two attached hydrogens (primary N) is 1. The molecule has 5 nitrogen and oxygen atoms in total. The molecule has 0 bridgehead atoms. The van der Waals surface area contributed by atoms with E-state index in [1.807, 2.05) is 18.2 Å². The minimum atomic E-state index is -0.178. The molecule has 6 heteroatoms. The van der Waals surface area contributed by atoms with Crippen LogP contribution in [0.4, 0.5) is 0 Å². The zero-order valence-electron chi connectivity index (χ0n) is 12.0. The van der Waals surface area contributed by atoms with Gasteiger partial charge in [0.05, 0.1) is 20.3 Å². The molecule has 1 amide bonds. The van der Waals surface area contributed by atoms with Crippen LogP contribution in [0.15, 0.2) is 18.2 Å². The summed E-state index contributed by atoms with van der Waals surface area (Å²) in [7, 11) is 1.60. The predicted octanol–water partition coefficient (Wildman–Crippen LogP) is 1.87. The van der Waals surface area contributed by atoms with E-state index in [-0.39, 0.29) is 24.9 Å². The highest BCUT2D eigenvalue weighted by Crippen LogP contribution is 2.28. The van der Waals surface area contributed by atoms with Crippen LogP contribution in [0, 0.1) is 0 Å². The fourth-order valence-electron chi connectivity index (χ4n) is 1.54. The normalized spacial score (nSPS) is 9.55. The Balaban J connectivity index is 0.00000361.